The smallest absolute Gasteiger partial charge is 0.258 e. The molecule has 2 aromatic rings. The maximum atomic E-state index is 13.7. The molecule has 36 heavy (non-hydrogen) atoms. The van der Waals surface area contributed by atoms with Crippen molar-refractivity contribution < 1.29 is 26.7 Å². The molecule has 5 rings (SSSR count). The van der Waals surface area contributed by atoms with E-state index in [2.05, 4.69) is 9.44 Å². The third-order valence-corrected chi connectivity index (χ3v) is 9.76. The molecule has 9 nitrogen and oxygen atoms in total. The van der Waals surface area contributed by atoms with Crippen molar-refractivity contribution in [1.29, 1.82) is 0 Å². The number of amides is 1. The molecule has 11 heteroatoms. The Morgan fingerprint density at radius 1 is 1.00 bits per heavy atom. The Hall–Kier alpha value is -2.47. The number of hydrogen-bond donors (Lipinski definition) is 3. The molecule has 1 heterocycles. The van der Waals surface area contributed by atoms with Crippen LogP contribution in [-0.2, 0) is 25.5 Å². The van der Waals surface area contributed by atoms with E-state index in [1.807, 2.05) is 6.07 Å². The predicted molar refractivity (Wildman–Crippen MR) is 137 cm³/mol. The Kier molecular flexibility index (Phi) is 6.18. The first-order valence-corrected chi connectivity index (χ1v) is 15.5. The van der Waals surface area contributed by atoms with E-state index in [4.69, 9.17) is 0 Å². The summed E-state index contributed by atoms with van der Waals surface area (Å²) < 4.78 is 54.6. The Morgan fingerprint density at radius 3 is 2.36 bits per heavy atom. The average Bonchev–Trinajstić information content (AvgIpc) is 3.54. The van der Waals surface area contributed by atoms with Crippen LogP contribution >= 0.6 is 0 Å². The van der Waals surface area contributed by atoms with E-state index in [1.54, 1.807) is 29.2 Å². The normalized spacial score (nSPS) is 20.2. The van der Waals surface area contributed by atoms with Crippen molar-refractivity contribution >= 4 is 37.3 Å². The number of sulfonamides is 2. The number of nitrogens with zero attached hydrogens (tertiary/aromatic N) is 1. The van der Waals surface area contributed by atoms with Crippen LogP contribution in [0.25, 0.3) is 0 Å². The van der Waals surface area contributed by atoms with E-state index < -0.39 is 25.6 Å². The van der Waals surface area contributed by atoms with Crippen LogP contribution < -0.4 is 14.3 Å². The summed E-state index contributed by atoms with van der Waals surface area (Å²) in [6.45, 7) is 0.194. The predicted octanol–water partition coefficient (Wildman–Crippen LogP) is 2.72. The van der Waals surface area contributed by atoms with Crippen molar-refractivity contribution in [3.8, 4) is 0 Å². The molecule has 3 aliphatic rings. The summed E-state index contributed by atoms with van der Waals surface area (Å²) in [6.07, 6.45) is 7.21. The number of anilines is 2. The fourth-order valence-corrected chi connectivity index (χ4v) is 7.57. The summed E-state index contributed by atoms with van der Waals surface area (Å²) in [4.78, 5) is 15.4. The summed E-state index contributed by atoms with van der Waals surface area (Å²) in [5.74, 6) is -0.303. The van der Waals surface area contributed by atoms with E-state index in [0.29, 0.717) is 25.1 Å². The van der Waals surface area contributed by atoms with Gasteiger partial charge in [-0.3, -0.25) is 9.52 Å². The van der Waals surface area contributed by atoms with Crippen LogP contribution in [-0.4, -0.2) is 52.8 Å². The average molecular weight is 534 g/mol. The van der Waals surface area contributed by atoms with Crippen LogP contribution in [0.5, 0.6) is 0 Å². The fourth-order valence-electron chi connectivity index (χ4n) is 5.52. The van der Waals surface area contributed by atoms with Gasteiger partial charge in [-0.05, 0) is 67.6 Å². The van der Waals surface area contributed by atoms with Crippen molar-refractivity contribution in [2.24, 2.45) is 0 Å². The molecule has 0 unspecified atom stereocenters. The Morgan fingerprint density at radius 2 is 1.72 bits per heavy atom. The summed E-state index contributed by atoms with van der Waals surface area (Å²) in [5, 5.41) is 9.52. The van der Waals surface area contributed by atoms with E-state index >= 15 is 0 Å². The molecule has 0 saturated heterocycles. The van der Waals surface area contributed by atoms with Gasteiger partial charge < -0.3 is 10.0 Å². The van der Waals surface area contributed by atoms with Gasteiger partial charge in [-0.25, -0.2) is 21.6 Å². The standard InChI is InChI=1S/C25H31N3O6S2/c1-35(31,32)26-19-8-9-22-21(15-19)24(10-3-2-4-11-24)16-28(22)23(30)18-6-5-7-20(14-18)36(33,34)27-25(17-29)12-13-25/h5-9,14-15,26-27,29H,2-4,10-13,16-17H2,1H3. The van der Waals surface area contributed by atoms with Gasteiger partial charge in [-0.1, -0.05) is 25.3 Å². The number of fused-ring (bicyclic) bond motifs is 2. The lowest BCUT2D eigenvalue weighted by Gasteiger charge is -2.34. The molecule has 2 aliphatic carbocycles. The fraction of sp³-hybridized carbons (Fsp3) is 0.480. The highest BCUT2D eigenvalue weighted by Crippen LogP contribution is 2.50. The number of aliphatic hydroxyl groups excluding tert-OH is 1. The van der Waals surface area contributed by atoms with Gasteiger partial charge in [-0.2, -0.15) is 0 Å². The third kappa shape index (κ3) is 4.77. The van der Waals surface area contributed by atoms with Crippen LogP contribution in [0.3, 0.4) is 0 Å². The minimum Gasteiger partial charge on any atom is -0.394 e. The highest BCUT2D eigenvalue weighted by atomic mass is 32.2. The maximum Gasteiger partial charge on any atom is 0.258 e. The molecule has 2 fully saturated rings. The molecular formula is C25H31N3O6S2. The lowest BCUT2D eigenvalue weighted by molar-refractivity contribution is 0.0982. The number of carbonyl (C=O) groups excluding carboxylic acids is 1. The zero-order valence-corrected chi connectivity index (χ0v) is 21.8. The first-order chi connectivity index (χ1) is 17.0. The summed E-state index contributed by atoms with van der Waals surface area (Å²) >= 11 is 0. The van der Waals surface area contributed by atoms with Crippen molar-refractivity contribution in [2.75, 3.05) is 29.0 Å². The summed E-state index contributed by atoms with van der Waals surface area (Å²) in [6, 6.07) is 11.2. The quantitative estimate of drug-likeness (QED) is 0.501. The van der Waals surface area contributed by atoms with Gasteiger partial charge in [0.25, 0.3) is 5.91 Å². The number of hydrogen-bond acceptors (Lipinski definition) is 6. The second-order valence-corrected chi connectivity index (χ2v) is 13.8. The molecule has 0 aromatic heterocycles. The number of rotatable bonds is 7. The van der Waals surface area contributed by atoms with Crippen LogP contribution in [0.2, 0.25) is 0 Å². The van der Waals surface area contributed by atoms with Crippen LogP contribution in [0, 0.1) is 0 Å². The number of carbonyl (C=O) groups is 1. The Bertz CT molecular complexity index is 1410. The molecule has 2 aromatic carbocycles. The monoisotopic (exact) mass is 533 g/mol. The van der Waals surface area contributed by atoms with Crippen molar-refractivity contribution in [3.63, 3.8) is 0 Å². The van der Waals surface area contributed by atoms with Gasteiger partial charge in [0.2, 0.25) is 20.0 Å². The summed E-state index contributed by atoms with van der Waals surface area (Å²) in [5.41, 5.74) is 1.33. The minimum atomic E-state index is -3.90. The van der Waals surface area contributed by atoms with Crippen LogP contribution in [0.1, 0.15) is 60.9 Å². The van der Waals surface area contributed by atoms with E-state index in [1.165, 1.54) is 12.1 Å². The van der Waals surface area contributed by atoms with Crippen molar-refractivity contribution in [1.82, 2.24) is 4.72 Å². The minimum absolute atomic E-state index is 0.0208. The second kappa shape index (κ2) is 8.83. The Balaban J connectivity index is 1.48. The molecule has 0 bridgehead atoms. The molecule has 1 aliphatic heterocycles. The third-order valence-electron chi connectivity index (χ3n) is 7.58. The molecule has 0 atom stereocenters. The zero-order valence-electron chi connectivity index (χ0n) is 20.2. The van der Waals surface area contributed by atoms with Gasteiger partial charge in [0.1, 0.15) is 0 Å². The molecule has 2 saturated carbocycles. The topological polar surface area (TPSA) is 133 Å². The van der Waals surface area contributed by atoms with Gasteiger partial charge in [0, 0.05) is 28.9 Å². The number of nitrogens with one attached hydrogen (secondary N) is 2. The largest absolute Gasteiger partial charge is 0.394 e. The van der Waals surface area contributed by atoms with E-state index in [-0.39, 0.29) is 28.4 Å². The molecule has 1 amide bonds. The number of benzene rings is 2. The molecule has 1 spiro atoms. The summed E-state index contributed by atoms with van der Waals surface area (Å²) in [7, 11) is -7.35. The zero-order chi connectivity index (χ0) is 25.8. The van der Waals surface area contributed by atoms with Crippen LogP contribution in [0.4, 0.5) is 11.4 Å². The second-order valence-electron chi connectivity index (χ2n) is 10.4. The van der Waals surface area contributed by atoms with Gasteiger partial charge in [0.05, 0.1) is 23.3 Å². The highest BCUT2D eigenvalue weighted by molar-refractivity contribution is 7.92. The molecule has 194 valence electrons. The van der Waals surface area contributed by atoms with Gasteiger partial charge in [-0.15, -0.1) is 0 Å². The first-order valence-electron chi connectivity index (χ1n) is 12.2. The molecule has 3 N–H and O–H groups in total. The van der Waals surface area contributed by atoms with Crippen LogP contribution in [0.15, 0.2) is 47.4 Å². The highest BCUT2D eigenvalue weighted by Gasteiger charge is 2.47. The van der Waals surface area contributed by atoms with Gasteiger partial charge >= 0.3 is 0 Å². The first kappa shape index (κ1) is 25.2. The van der Waals surface area contributed by atoms with E-state index in [9.17, 15) is 26.7 Å². The molecular weight excluding hydrogens is 502 g/mol. The van der Waals surface area contributed by atoms with Gasteiger partial charge in [0.15, 0.2) is 0 Å². The maximum absolute atomic E-state index is 13.7. The molecule has 0 radical (unpaired) electrons. The SMILES string of the molecule is CS(=O)(=O)Nc1ccc2c(c1)C1(CCCCC1)CN2C(=O)c1cccc(S(=O)(=O)NC2(CO)CC2)c1. The van der Waals surface area contributed by atoms with Crippen molar-refractivity contribution in [2.45, 2.75) is 60.8 Å². The lowest BCUT2D eigenvalue weighted by Crippen LogP contribution is -2.40. The number of aliphatic hydroxyl groups is 1. The Labute approximate surface area is 212 Å². The lowest BCUT2D eigenvalue weighted by atomic mass is 9.70. The van der Waals surface area contributed by atoms with Crippen molar-refractivity contribution in [3.05, 3.63) is 53.6 Å². The van der Waals surface area contributed by atoms with E-state index in [0.717, 1.165) is 49.6 Å².